The minimum Gasteiger partial charge on any atom is -0.358 e. The third-order valence-electron chi connectivity index (χ3n) is 4.51. The SMILES string of the molecule is Cc1cc(C)n(NC(=S)N[C@@H]2C[C@H]3C=C[C@H]2C3)c(=O)c1C#N. The van der Waals surface area contributed by atoms with Gasteiger partial charge in [-0.2, -0.15) is 5.26 Å². The smallest absolute Gasteiger partial charge is 0.287 e. The zero-order valence-electron chi connectivity index (χ0n) is 12.6. The van der Waals surface area contributed by atoms with Crippen LogP contribution in [-0.4, -0.2) is 15.8 Å². The molecule has 3 atom stereocenters. The van der Waals surface area contributed by atoms with Gasteiger partial charge in [-0.3, -0.25) is 10.2 Å². The Hall–Kier alpha value is -2.13. The molecule has 0 saturated heterocycles. The fraction of sp³-hybridized carbons (Fsp3) is 0.438. The summed E-state index contributed by atoms with van der Waals surface area (Å²) in [5, 5.41) is 12.8. The highest BCUT2D eigenvalue weighted by Gasteiger charge is 2.35. The Kier molecular flexibility index (Phi) is 3.75. The van der Waals surface area contributed by atoms with Crippen LogP contribution in [0.1, 0.15) is 29.7 Å². The number of aromatic nitrogens is 1. The highest BCUT2D eigenvalue weighted by molar-refractivity contribution is 7.80. The first kappa shape index (κ1) is 14.8. The van der Waals surface area contributed by atoms with Gasteiger partial charge in [0.25, 0.3) is 5.56 Å². The van der Waals surface area contributed by atoms with E-state index in [1.807, 2.05) is 13.0 Å². The molecule has 0 spiro atoms. The van der Waals surface area contributed by atoms with E-state index in [-0.39, 0.29) is 11.1 Å². The molecule has 1 fully saturated rings. The van der Waals surface area contributed by atoms with Gasteiger partial charge in [-0.05, 0) is 62.4 Å². The van der Waals surface area contributed by atoms with Crippen molar-refractivity contribution in [3.63, 3.8) is 0 Å². The first-order chi connectivity index (χ1) is 10.5. The van der Waals surface area contributed by atoms with E-state index in [0.29, 0.717) is 28.6 Å². The molecule has 0 radical (unpaired) electrons. The Balaban J connectivity index is 1.76. The Morgan fingerprint density at radius 1 is 1.41 bits per heavy atom. The molecule has 3 rings (SSSR count). The molecule has 2 bridgehead atoms. The number of rotatable bonds is 2. The Morgan fingerprint density at radius 3 is 2.77 bits per heavy atom. The summed E-state index contributed by atoms with van der Waals surface area (Å²) in [4.78, 5) is 12.3. The summed E-state index contributed by atoms with van der Waals surface area (Å²) in [5.41, 5.74) is 4.10. The monoisotopic (exact) mass is 314 g/mol. The van der Waals surface area contributed by atoms with Crippen molar-refractivity contribution >= 4 is 17.3 Å². The van der Waals surface area contributed by atoms with E-state index in [9.17, 15) is 4.79 Å². The van der Waals surface area contributed by atoms with Gasteiger partial charge < -0.3 is 5.32 Å². The number of pyridine rings is 1. The molecule has 1 aromatic rings. The molecule has 2 aliphatic rings. The van der Waals surface area contributed by atoms with E-state index in [0.717, 1.165) is 12.1 Å². The number of hydrogen-bond acceptors (Lipinski definition) is 3. The van der Waals surface area contributed by atoms with Gasteiger partial charge in [0.15, 0.2) is 5.11 Å². The molecule has 0 aliphatic heterocycles. The van der Waals surface area contributed by atoms with Crippen molar-refractivity contribution in [2.24, 2.45) is 11.8 Å². The third kappa shape index (κ3) is 2.53. The quantitative estimate of drug-likeness (QED) is 0.642. The van der Waals surface area contributed by atoms with Crippen LogP contribution in [0.3, 0.4) is 0 Å². The molecular formula is C16H18N4OS. The number of nitrogens with one attached hydrogen (secondary N) is 2. The second kappa shape index (κ2) is 5.58. The summed E-state index contributed by atoms with van der Waals surface area (Å²) in [6.45, 7) is 3.57. The van der Waals surface area contributed by atoms with Gasteiger partial charge in [-0.1, -0.05) is 12.2 Å². The number of nitriles is 1. The number of fused-ring (bicyclic) bond motifs is 2. The number of hydrogen-bond donors (Lipinski definition) is 2. The van der Waals surface area contributed by atoms with Crippen LogP contribution in [0.2, 0.25) is 0 Å². The third-order valence-corrected chi connectivity index (χ3v) is 4.72. The van der Waals surface area contributed by atoms with Gasteiger partial charge in [0.05, 0.1) is 0 Å². The molecule has 0 amide bonds. The van der Waals surface area contributed by atoms with Gasteiger partial charge >= 0.3 is 0 Å². The molecule has 0 aromatic carbocycles. The van der Waals surface area contributed by atoms with Gasteiger partial charge in [-0.15, -0.1) is 0 Å². The summed E-state index contributed by atoms with van der Waals surface area (Å²) in [7, 11) is 0. The lowest BCUT2D eigenvalue weighted by Gasteiger charge is -2.23. The maximum absolute atomic E-state index is 12.3. The normalized spacial score (nSPS) is 25.0. The lowest BCUT2D eigenvalue weighted by Crippen LogP contribution is -2.46. The van der Waals surface area contributed by atoms with E-state index in [4.69, 9.17) is 17.5 Å². The van der Waals surface area contributed by atoms with E-state index >= 15 is 0 Å². The van der Waals surface area contributed by atoms with Crippen molar-refractivity contribution in [2.75, 3.05) is 5.43 Å². The average molecular weight is 314 g/mol. The first-order valence-corrected chi connectivity index (χ1v) is 7.79. The van der Waals surface area contributed by atoms with Crippen molar-refractivity contribution in [2.45, 2.75) is 32.7 Å². The fourth-order valence-electron chi connectivity index (χ4n) is 3.41. The standard InChI is InChI=1S/C16H18N4OS/c1-9-5-10(2)20(15(21)13(9)8-17)19-16(22)18-14-7-11-3-4-12(14)6-11/h3-5,11-12,14H,6-7H2,1-2H3,(H2,18,19,22)/t11-,12-,14+/m0/s1. The molecule has 0 unspecified atom stereocenters. The van der Waals surface area contributed by atoms with Crippen molar-refractivity contribution in [1.82, 2.24) is 9.99 Å². The average Bonchev–Trinajstić information content (AvgIpc) is 3.06. The predicted molar refractivity (Wildman–Crippen MR) is 89.1 cm³/mol. The van der Waals surface area contributed by atoms with Crippen molar-refractivity contribution < 1.29 is 0 Å². The van der Waals surface area contributed by atoms with E-state index in [2.05, 4.69) is 22.9 Å². The van der Waals surface area contributed by atoms with Crippen molar-refractivity contribution in [3.8, 4) is 6.07 Å². The molecule has 114 valence electrons. The molecule has 1 aromatic heterocycles. The van der Waals surface area contributed by atoms with Crippen LogP contribution in [0.4, 0.5) is 0 Å². The van der Waals surface area contributed by atoms with Crippen molar-refractivity contribution in [1.29, 1.82) is 5.26 Å². The van der Waals surface area contributed by atoms with E-state index in [1.54, 1.807) is 13.0 Å². The van der Waals surface area contributed by atoms with E-state index < -0.39 is 0 Å². The van der Waals surface area contributed by atoms with Gasteiger partial charge in [-0.25, -0.2) is 4.68 Å². The van der Waals surface area contributed by atoms with Crippen LogP contribution in [0.15, 0.2) is 23.0 Å². The van der Waals surface area contributed by atoms with Crippen LogP contribution in [0, 0.1) is 37.0 Å². The van der Waals surface area contributed by atoms with Crippen LogP contribution in [0.5, 0.6) is 0 Å². The highest BCUT2D eigenvalue weighted by atomic mass is 32.1. The topological polar surface area (TPSA) is 69.8 Å². The lowest BCUT2D eigenvalue weighted by molar-refractivity contribution is 0.524. The maximum atomic E-state index is 12.3. The summed E-state index contributed by atoms with van der Waals surface area (Å²) < 4.78 is 1.34. The summed E-state index contributed by atoms with van der Waals surface area (Å²) in [6, 6.07) is 4.08. The summed E-state index contributed by atoms with van der Waals surface area (Å²) in [5.74, 6) is 1.18. The van der Waals surface area contributed by atoms with E-state index in [1.165, 1.54) is 11.1 Å². The van der Waals surface area contributed by atoms with Crippen molar-refractivity contribution in [3.05, 3.63) is 45.4 Å². The molecule has 1 heterocycles. The molecule has 5 nitrogen and oxygen atoms in total. The molecule has 2 aliphatic carbocycles. The number of aryl methyl sites for hydroxylation is 2. The molecular weight excluding hydrogens is 296 g/mol. The largest absolute Gasteiger partial charge is 0.358 e. The highest BCUT2D eigenvalue weighted by Crippen LogP contribution is 2.38. The Morgan fingerprint density at radius 2 is 2.18 bits per heavy atom. The number of thiocarbonyl (C=S) groups is 1. The second-order valence-corrected chi connectivity index (χ2v) is 6.48. The summed E-state index contributed by atoms with van der Waals surface area (Å²) >= 11 is 5.33. The maximum Gasteiger partial charge on any atom is 0.287 e. The molecule has 22 heavy (non-hydrogen) atoms. The zero-order chi connectivity index (χ0) is 15.9. The Labute approximate surface area is 134 Å². The zero-order valence-corrected chi connectivity index (χ0v) is 13.4. The minimum atomic E-state index is -0.364. The van der Waals surface area contributed by atoms with Crippen LogP contribution in [0.25, 0.3) is 0 Å². The molecule has 1 saturated carbocycles. The first-order valence-electron chi connectivity index (χ1n) is 7.39. The van der Waals surface area contributed by atoms with Crippen LogP contribution >= 0.6 is 12.2 Å². The minimum absolute atomic E-state index is 0.142. The second-order valence-electron chi connectivity index (χ2n) is 6.07. The lowest BCUT2D eigenvalue weighted by atomic mass is 10.0. The Bertz CT molecular complexity index is 759. The van der Waals surface area contributed by atoms with Gasteiger partial charge in [0.1, 0.15) is 11.6 Å². The van der Waals surface area contributed by atoms with Gasteiger partial charge in [0, 0.05) is 11.7 Å². The fourth-order valence-corrected chi connectivity index (χ4v) is 3.66. The van der Waals surface area contributed by atoms with Gasteiger partial charge in [0.2, 0.25) is 0 Å². The van der Waals surface area contributed by atoms with Crippen LogP contribution in [-0.2, 0) is 0 Å². The predicted octanol–water partition coefficient (Wildman–Crippen LogP) is 1.72. The van der Waals surface area contributed by atoms with Crippen LogP contribution < -0.4 is 16.3 Å². The number of allylic oxidation sites excluding steroid dienone is 1. The molecule has 6 heteroatoms. The summed E-state index contributed by atoms with van der Waals surface area (Å²) in [6.07, 6.45) is 6.77. The molecule has 2 N–H and O–H groups in total. The number of nitrogens with zero attached hydrogens (tertiary/aromatic N) is 2.